The van der Waals surface area contributed by atoms with Crippen molar-refractivity contribution in [3.05, 3.63) is 11.9 Å². The van der Waals surface area contributed by atoms with Gasteiger partial charge in [0.25, 0.3) is 0 Å². The monoisotopic (exact) mass is 293 g/mol. The number of anilines is 2. The molecule has 0 saturated heterocycles. The number of amides is 1. The molecule has 6 heteroatoms. The minimum absolute atomic E-state index is 0.0616. The van der Waals surface area contributed by atoms with Gasteiger partial charge in [-0.2, -0.15) is 0 Å². The van der Waals surface area contributed by atoms with Gasteiger partial charge < -0.3 is 15.1 Å². The summed E-state index contributed by atoms with van der Waals surface area (Å²) in [5.41, 5.74) is 0. The molecule has 1 N–H and O–H groups in total. The quantitative estimate of drug-likeness (QED) is 0.832. The number of aromatic nitrogens is 2. The van der Waals surface area contributed by atoms with Gasteiger partial charge in [-0.15, -0.1) is 0 Å². The lowest BCUT2D eigenvalue weighted by atomic mass is 10.2. The first-order valence-corrected chi connectivity index (χ1v) is 7.46. The van der Waals surface area contributed by atoms with E-state index in [1.165, 1.54) is 0 Å². The Morgan fingerprint density at radius 3 is 2.43 bits per heavy atom. The SMILES string of the molecule is CCNc1cc(N(CC)CC(=O)N(C)C)nc(C(C)C)n1. The maximum Gasteiger partial charge on any atom is 0.241 e. The van der Waals surface area contributed by atoms with Crippen LogP contribution in [-0.4, -0.2) is 54.5 Å². The molecule has 1 amide bonds. The molecule has 21 heavy (non-hydrogen) atoms. The first-order chi connectivity index (χ1) is 9.88. The van der Waals surface area contributed by atoms with Crippen molar-refractivity contribution in [3.63, 3.8) is 0 Å². The van der Waals surface area contributed by atoms with Crippen LogP contribution in [0.3, 0.4) is 0 Å². The molecule has 0 fully saturated rings. The van der Waals surface area contributed by atoms with E-state index >= 15 is 0 Å². The van der Waals surface area contributed by atoms with Gasteiger partial charge in [-0.3, -0.25) is 4.79 Å². The average Bonchev–Trinajstić information content (AvgIpc) is 2.44. The molecule has 0 radical (unpaired) electrons. The highest BCUT2D eigenvalue weighted by Gasteiger charge is 2.16. The van der Waals surface area contributed by atoms with Gasteiger partial charge in [0, 0.05) is 39.2 Å². The molecular formula is C15H27N5O. The minimum atomic E-state index is 0.0616. The van der Waals surface area contributed by atoms with Crippen LogP contribution in [-0.2, 0) is 4.79 Å². The number of carbonyl (C=O) groups excluding carboxylic acids is 1. The molecular weight excluding hydrogens is 266 g/mol. The predicted molar refractivity (Wildman–Crippen MR) is 86.9 cm³/mol. The van der Waals surface area contributed by atoms with Crippen molar-refractivity contribution in [2.24, 2.45) is 0 Å². The molecule has 6 nitrogen and oxygen atoms in total. The van der Waals surface area contributed by atoms with E-state index in [9.17, 15) is 4.79 Å². The smallest absolute Gasteiger partial charge is 0.241 e. The third kappa shape index (κ3) is 4.88. The van der Waals surface area contributed by atoms with Gasteiger partial charge in [0.05, 0.1) is 6.54 Å². The molecule has 1 heterocycles. The van der Waals surface area contributed by atoms with Gasteiger partial charge in [-0.25, -0.2) is 9.97 Å². The van der Waals surface area contributed by atoms with E-state index in [2.05, 4.69) is 29.1 Å². The molecule has 1 rings (SSSR count). The predicted octanol–water partition coefficient (Wildman–Crippen LogP) is 1.95. The van der Waals surface area contributed by atoms with Gasteiger partial charge in [0.2, 0.25) is 5.91 Å². The van der Waals surface area contributed by atoms with E-state index in [1.54, 1.807) is 19.0 Å². The highest BCUT2D eigenvalue weighted by atomic mass is 16.2. The van der Waals surface area contributed by atoms with E-state index < -0.39 is 0 Å². The molecule has 118 valence electrons. The lowest BCUT2D eigenvalue weighted by Crippen LogP contribution is -2.37. The summed E-state index contributed by atoms with van der Waals surface area (Å²) in [4.78, 5) is 24.6. The van der Waals surface area contributed by atoms with Crippen molar-refractivity contribution in [3.8, 4) is 0 Å². The topological polar surface area (TPSA) is 61.4 Å². The van der Waals surface area contributed by atoms with Crippen LogP contribution in [0.25, 0.3) is 0 Å². The van der Waals surface area contributed by atoms with E-state index in [-0.39, 0.29) is 11.8 Å². The van der Waals surface area contributed by atoms with Gasteiger partial charge in [-0.1, -0.05) is 13.8 Å². The molecule has 0 aromatic carbocycles. The second-order valence-corrected chi connectivity index (χ2v) is 5.46. The summed E-state index contributed by atoms with van der Waals surface area (Å²) < 4.78 is 0. The molecule has 0 unspecified atom stereocenters. The maximum absolute atomic E-state index is 11.9. The van der Waals surface area contributed by atoms with Crippen molar-refractivity contribution >= 4 is 17.5 Å². The standard InChI is InChI=1S/C15H27N5O/c1-7-16-12-9-13(18-15(17-12)11(3)4)20(8-2)10-14(21)19(5)6/h9,11H,7-8,10H2,1-6H3,(H,16,17,18). The molecule has 1 aromatic rings. The summed E-state index contributed by atoms with van der Waals surface area (Å²) in [6, 6.07) is 1.90. The number of hydrogen-bond donors (Lipinski definition) is 1. The Hall–Kier alpha value is -1.85. The highest BCUT2D eigenvalue weighted by Crippen LogP contribution is 2.20. The second-order valence-electron chi connectivity index (χ2n) is 5.46. The number of nitrogens with zero attached hydrogens (tertiary/aromatic N) is 4. The van der Waals surface area contributed by atoms with Crippen LogP contribution in [0, 0.1) is 0 Å². The molecule has 0 spiro atoms. The molecule has 1 aromatic heterocycles. The summed E-state index contributed by atoms with van der Waals surface area (Å²) >= 11 is 0. The zero-order valence-electron chi connectivity index (χ0n) is 14.0. The zero-order chi connectivity index (χ0) is 16.0. The Kier molecular flexibility index (Phi) is 6.39. The van der Waals surface area contributed by atoms with Crippen molar-refractivity contribution < 1.29 is 4.79 Å². The normalized spacial score (nSPS) is 10.6. The Balaban J connectivity index is 3.09. The summed E-state index contributed by atoms with van der Waals surface area (Å²) in [5, 5.41) is 3.23. The first kappa shape index (κ1) is 17.2. The minimum Gasteiger partial charge on any atom is -0.370 e. The Morgan fingerprint density at radius 2 is 1.95 bits per heavy atom. The maximum atomic E-state index is 11.9. The molecule has 0 atom stereocenters. The zero-order valence-corrected chi connectivity index (χ0v) is 14.0. The van der Waals surface area contributed by atoms with Gasteiger partial charge in [0.1, 0.15) is 17.5 Å². The fourth-order valence-electron chi connectivity index (χ4n) is 1.80. The fraction of sp³-hybridized carbons (Fsp3) is 0.667. The first-order valence-electron chi connectivity index (χ1n) is 7.46. The van der Waals surface area contributed by atoms with Crippen LogP contribution >= 0.6 is 0 Å². The summed E-state index contributed by atoms with van der Waals surface area (Å²) in [5.74, 6) is 2.70. The van der Waals surface area contributed by atoms with Crippen LogP contribution in [0.5, 0.6) is 0 Å². The van der Waals surface area contributed by atoms with Gasteiger partial charge >= 0.3 is 0 Å². The Labute approximate surface area is 127 Å². The summed E-state index contributed by atoms with van der Waals surface area (Å²) in [6.45, 7) is 10.0. The van der Waals surface area contributed by atoms with Crippen LogP contribution < -0.4 is 10.2 Å². The van der Waals surface area contributed by atoms with E-state index in [4.69, 9.17) is 0 Å². The largest absolute Gasteiger partial charge is 0.370 e. The van der Waals surface area contributed by atoms with Crippen LogP contribution in [0.2, 0.25) is 0 Å². The van der Waals surface area contributed by atoms with Crippen LogP contribution in [0.1, 0.15) is 39.4 Å². The number of likely N-dealkylation sites (N-methyl/N-ethyl adjacent to an activating group) is 2. The number of hydrogen-bond acceptors (Lipinski definition) is 5. The third-order valence-corrected chi connectivity index (χ3v) is 3.13. The van der Waals surface area contributed by atoms with E-state index in [0.29, 0.717) is 6.54 Å². The molecule has 0 aliphatic heterocycles. The van der Waals surface area contributed by atoms with Gasteiger partial charge in [-0.05, 0) is 13.8 Å². The van der Waals surface area contributed by atoms with Crippen molar-refractivity contribution in [1.29, 1.82) is 0 Å². The molecule has 0 saturated carbocycles. The molecule has 0 aliphatic rings. The molecule has 0 bridgehead atoms. The van der Waals surface area contributed by atoms with Crippen molar-refractivity contribution in [2.45, 2.75) is 33.6 Å². The number of carbonyl (C=O) groups is 1. The molecule has 0 aliphatic carbocycles. The van der Waals surface area contributed by atoms with Crippen molar-refractivity contribution in [2.75, 3.05) is 43.9 Å². The summed E-state index contributed by atoms with van der Waals surface area (Å²) in [7, 11) is 3.53. The number of nitrogens with one attached hydrogen (secondary N) is 1. The van der Waals surface area contributed by atoms with E-state index in [1.807, 2.05) is 24.8 Å². The lowest BCUT2D eigenvalue weighted by molar-refractivity contribution is -0.127. The second kappa shape index (κ2) is 7.81. The van der Waals surface area contributed by atoms with E-state index in [0.717, 1.165) is 30.5 Å². The summed E-state index contributed by atoms with van der Waals surface area (Å²) in [6.07, 6.45) is 0. The Bertz CT molecular complexity index is 473. The van der Waals surface area contributed by atoms with Gasteiger partial charge in [0.15, 0.2) is 0 Å². The lowest BCUT2D eigenvalue weighted by Gasteiger charge is -2.24. The van der Waals surface area contributed by atoms with Crippen LogP contribution in [0.4, 0.5) is 11.6 Å². The third-order valence-electron chi connectivity index (χ3n) is 3.13. The van der Waals surface area contributed by atoms with Crippen LogP contribution in [0.15, 0.2) is 6.07 Å². The van der Waals surface area contributed by atoms with Crippen molar-refractivity contribution in [1.82, 2.24) is 14.9 Å². The average molecular weight is 293 g/mol. The highest BCUT2D eigenvalue weighted by molar-refractivity contribution is 5.80. The fourth-order valence-corrected chi connectivity index (χ4v) is 1.80. The number of rotatable bonds is 7. The Morgan fingerprint density at radius 1 is 1.29 bits per heavy atom.